The SMILES string of the molecule is CC1CCOC1C(N)c1ccc(C2CCC2)cc1. The minimum absolute atomic E-state index is 0.0259. The van der Waals surface area contributed by atoms with E-state index >= 15 is 0 Å². The lowest BCUT2D eigenvalue weighted by atomic mass is 9.79. The van der Waals surface area contributed by atoms with Crippen molar-refractivity contribution >= 4 is 0 Å². The van der Waals surface area contributed by atoms with Gasteiger partial charge in [-0.15, -0.1) is 0 Å². The monoisotopic (exact) mass is 245 g/mol. The number of benzene rings is 1. The molecule has 1 aromatic rings. The first-order chi connectivity index (χ1) is 8.75. The van der Waals surface area contributed by atoms with Gasteiger partial charge in [0, 0.05) is 6.61 Å². The van der Waals surface area contributed by atoms with Crippen molar-refractivity contribution in [3.63, 3.8) is 0 Å². The van der Waals surface area contributed by atoms with Gasteiger partial charge in [-0.3, -0.25) is 0 Å². The summed E-state index contributed by atoms with van der Waals surface area (Å²) < 4.78 is 5.77. The first-order valence-corrected chi connectivity index (χ1v) is 7.23. The highest BCUT2D eigenvalue weighted by Crippen LogP contribution is 2.37. The van der Waals surface area contributed by atoms with E-state index in [1.807, 2.05) is 0 Å². The smallest absolute Gasteiger partial charge is 0.0793 e. The molecule has 1 heterocycles. The van der Waals surface area contributed by atoms with Crippen LogP contribution in [0.4, 0.5) is 0 Å². The molecule has 0 aromatic heterocycles. The molecule has 2 nitrogen and oxygen atoms in total. The van der Waals surface area contributed by atoms with E-state index in [0.717, 1.165) is 18.9 Å². The number of rotatable bonds is 3. The lowest BCUT2D eigenvalue weighted by Crippen LogP contribution is -2.29. The Hall–Kier alpha value is -0.860. The summed E-state index contributed by atoms with van der Waals surface area (Å²) in [5, 5.41) is 0. The highest BCUT2D eigenvalue weighted by molar-refractivity contribution is 5.29. The normalized spacial score (nSPS) is 30.1. The van der Waals surface area contributed by atoms with Crippen LogP contribution in [0.25, 0.3) is 0 Å². The molecule has 0 amide bonds. The zero-order valence-electron chi connectivity index (χ0n) is 11.1. The van der Waals surface area contributed by atoms with E-state index < -0.39 is 0 Å². The van der Waals surface area contributed by atoms with Crippen LogP contribution in [0.2, 0.25) is 0 Å². The van der Waals surface area contributed by atoms with Crippen LogP contribution < -0.4 is 5.73 Å². The molecule has 2 N–H and O–H groups in total. The van der Waals surface area contributed by atoms with Crippen LogP contribution in [0.5, 0.6) is 0 Å². The van der Waals surface area contributed by atoms with E-state index in [4.69, 9.17) is 10.5 Å². The Kier molecular flexibility index (Phi) is 3.40. The lowest BCUT2D eigenvalue weighted by molar-refractivity contribution is 0.0725. The van der Waals surface area contributed by atoms with Gasteiger partial charge in [0.15, 0.2) is 0 Å². The Balaban J connectivity index is 1.71. The van der Waals surface area contributed by atoms with Crippen LogP contribution in [0.1, 0.15) is 55.7 Å². The van der Waals surface area contributed by atoms with Gasteiger partial charge >= 0.3 is 0 Å². The van der Waals surface area contributed by atoms with Gasteiger partial charge in [-0.25, -0.2) is 0 Å². The standard InChI is InChI=1S/C16H23NO/c1-11-9-10-18-16(11)15(17)14-7-5-13(6-8-14)12-3-2-4-12/h5-8,11-12,15-16H,2-4,9-10,17H2,1H3. The van der Waals surface area contributed by atoms with E-state index in [1.165, 1.54) is 30.4 Å². The maximum absolute atomic E-state index is 6.34. The Labute approximate surface area is 110 Å². The largest absolute Gasteiger partial charge is 0.376 e. The summed E-state index contributed by atoms with van der Waals surface area (Å²) in [7, 11) is 0. The van der Waals surface area contributed by atoms with Gasteiger partial charge in [0.1, 0.15) is 0 Å². The quantitative estimate of drug-likeness (QED) is 0.886. The van der Waals surface area contributed by atoms with Crippen molar-refractivity contribution in [3.05, 3.63) is 35.4 Å². The molecule has 1 saturated carbocycles. The number of hydrogen-bond donors (Lipinski definition) is 1. The Morgan fingerprint density at radius 2 is 1.89 bits per heavy atom. The number of ether oxygens (including phenoxy) is 1. The maximum Gasteiger partial charge on any atom is 0.0793 e. The minimum atomic E-state index is 0.0259. The van der Waals surface area contributed by atoms with Gasteiger partial charge in [0.2, 0.25) is 0 Å². The molecule has 1 aromatic carbocycles. The van der Waals surface area contributed by atoms with Crippen molar-refractivity contribution in [2.45, 2.75) is 50.7 Å². The molecule has 1 saturated heterocycles. The minimum Gasteiger partial charge on any atom is -0.376 e. The van der Waals surface area contributed by atoms with Crippen LogP contribution in [-0.4, -0.2) is 12.7 Å². The number of hydrogen-bond acceptors (Lipinski definition) is 2. The second kappa shape index (κ2) is 5.02. The summed E-state index contributed by atoms with van der Waals surface area (Å²) in [5.74, 6) is 1.38. The molecule has 3 atom stereocenters. The Bertz CT molecular complexity index is 396. The zero-order chi connectivity index (χ0) is 12.5. The van der Waals surface area contributed by atoms with Gasteiger partial charge in [0.05, 0.1) is 12.1 Å². The summed E-state index contributed by atoms with van der Waals surface area (Å²) >= 11 is 0. The zero-order valence-corrected chi connectivity index (χ0v) is 11.1. The average Bonchev–Trinajstić information content (AvgIpc) is 2.73. The third kappa shape index (κ3) is 2.19. The van der Waals surface area contributed by atoms with Gasteiger partial charge in [0.25, 0.3) is 0 Å². The predicted molar refractivity (Wildman–Crippen MR) is 73.5 cm³/mol. The summed E-state index contributed by atoms with van der Waals surface area (Å²) in [6, 6.07) is 8.95. The Morgan fingerprint density at radius 1 is 1.17 bits per heavy atom. The van der Waals surface area contributed by atoms with E-state index in [0.29, 0.717) is 5.92 Å². The van der Waals surface area contributed by atoms with Crippen LogP contribution in [-0.2, 0) is 4.74 Å². The van der Waals surface area contributed by atoms with Crippen molar-refractivity contribution in [2.24, 2.45) is 11.7 Å². The van der Waals surface area contributed by atoms with Gasteiger partial charge in [-0.05, 0) is 42.2 Å². The fourth-order valence-corrected chi connectivity index (χ4v) is 3.10. The topological polar surface area (TPSA) is 35.2 Å². The van der Waals surface area contributed by atoms with Gasteiger partial charge in [-0.1, -0.05) is 37.6 Å². The molecule has 2 aliphatic rings. The molecular weight excluding hydrogens is 222 g/mol. The van der Waals surface area contributed by atoms with Gasteiger partial charge in [-0.2, -0.15) is 0 Å². The molecule has 3 unspecified atom stereocenters. The van der Waals surface area contributed by atoms with Crippen LogP contribution in [0, 0.1) is 5.92 Å². The van der Waals surface area contributed by atoms with Crippen molar-refractivity contribution < 1.29 is 4.74 Å². The highest BCUT2D eigenvalue weighted by atomic mass is 16.5. The molecule has 0 spiro atoms. The van der Waals surface area contributed by atoms with Gasteiger partial charge < -0.3 is 10.5 Å². The molecule has 98 valence electrons. The fraction of sp³-hybridized carbons (Fsp3) is 0.625. The molecule has 2 fully saturated rings. The van der Waals surface area contributed by atoms with E-state index in [1.54, 1.807) is 0 Å². The molecule has 1 aliphatic heterocycles. The maximum atomic E-state index is 6.34. The van der Waals surface area contributed by atoms with E-state index in [2.05, 4.69) is 31.2 Å². The highest BCUT2D eigenvalue weighted by Gasteiger charge is 2.30. The Morgan fingerprint density at radius 3 is 2.39 bits per heavy atom. The fourth-order valence-electron chi connectivity index (χ4n) is 3.10. The molecule has 0 radical (unpaired) electrons. The van der Waals surface area contributed by atoms with Crippen molar-refractivity contribution in [3.8, 4) is 0 Å². The summed E-state index contributed by atoms with van der Waals surface area (Å²) in [5.41, 5.74) is 9.04. The van der Waals surface area contributed by atoms with E-state index in [-0.39, 0.29) is 12.1 Å². The summed E-state index contributed by atoms with van der Waals surface area (Å²) in [4.78, 5) is 0. The lowest BCUT2D eigenvalue weighted by Gasteiger charge is -2.27. The molecule has 1 aliphatic carbocycles. The summed E-state index contributed by atoms with van der Waals surface area (Å²) in [6.07, 6.45) is 5.43. The van der Waals surface area contributed by atoms with Crippen molar-refractivity contribution in [1.29, 1.82) is 0 Å². The van der Waals surface area contributed by atoms with Crippen LogP contribution >= 0.6 is 0 Å². The molecule has 18 heavy (non-hydrogen) atoms. The van der Waals surface area contributed by atoms with Crippen molar-refractivity contribution in [2.75, 3.05) is 6.61 Å². The predicted octanol–water partition coefficient (Wildman–Crippen LogP) is 3.38. The number of nitrogens with two attached hydrogens (primary N) is 1. The second-order valence-corrected chi connectivity index (χ2v) is 5.92. The first-order valence-electron chi connectivity index (χ1n) is 7.23. The molecule has 2 heteroatoms. The van der Waals surface area contributed by atoms with Crippen molar-refractivity contribution in [1.82, 2.24) is 0 Å². The van der Waals surface area contributed by atoms with Crippen LogP contribution in [0.15, 0.2) is 24.3 Å². The third-order valence-corrected chi connectivity index (χ3v) is 4.70. The third-order valence-electron chi connectivity index (χ3n) is 4.70. The molecule has 3 rings (SSSR count). The average molecular weight is 245 g/mol. The second-order valence-electron chi connectivity index (χ2n) is 5.92. The molecule has 0 bridgehead atoms. The first kappa shape index (κ1) is 12.2. The van der Waals surface area contributed by atoms with Crippen LogP contribution in [0.3, 0.4) is 0 Å². The van der Waals surface area contributed by atoms with E-state index in [9.17, 15) is 0 Å². The summed E-state index contributed by atoms with van der Waals surface area (Å²) in [6.45, 7) is 3.10. The molecular formula is C16H23NO.